The number of hydrogen-bond acceptors (Lipinski definition) is 2. The van der Waals surface area contributed by atoms with E-state index in [4.69, 9.17) is 0 Å². The van der Waals surface area contributed by atoms with Crippen molar-refractivity contribution in [3.8, 4) is 0 Å². The van der Waals surface area contributed by atoms with Crippen molar-refractivity contribution in [2.75, 3.05) is 0 Å². The number of hydrogen-bond donors (Lipinski definition) is 0. The Kier molecular flexibility index (Phi) is 2.12. The molecule has 0 fully saturated rings. The first kappa shape index (κ1) is 10.5. The summed E-state index contributed by atoms with van der Waals surface area (Å²) >= 11 is 0. The molecule has 3 unspecified atom stereocenters. The van der Waals surface area contributed by atoms with Gasteiger partial charge in [0.2, 0.25) is 0 Å². The first-order valence-electron chi connectivity index (χ1n) is 6.06. The molecule has 0 saturated heterocycles. The number of benzene rings is 1. The van der Waals surface area contributed by atoms with Gasteiger partial charge in [-0.15, -0.1) is 0 Å². The van der Waals surface area contributed by atoms with Crippen LogP contribution in [0.15, 0.2) is 30.4 Å². The van der Waals surface area contributed by atoms with Crippen molar-refractivity contribution in [3.63, 3.8) is 0 Å². The van der Waals surface area contributed by atoms with E-state index in [1.165, 1.54) is 5.56 Å². The summed E-state index contributed by atoms with van der Waals surface area (Å²) in [6, 6.07) is 5.49. The second-order valence-corrected chi connectivity index (χ2v) is 5.29. The van der Waals surface area contributed by atoms with Crippen molar-refractivity contribution in [1.82, 2.24) is 0 Å². The Balaban J connectivity index is 2.17. The Bertz CT molecular complexity index is 519. The molecule has 0 amide bonds. The van der Waals surface area contributed by atoms with E-state index in [1.54, 1.807) is 6.07 Å². The molecule has 3 rings (SSSR count). The van der Waals surface area contributed by atoms with E-state index >= 15 is 0 Å². The van der Waals surface area contributed by atoms with Crippen molar-refractivity contribution in [3.05, 3.63) is 51.6 Å². The summed E-state index contributed by atoms with van der Waals surface area (Å²) in [6.45, 7) is 4.41. The van der Waals surface area contributed by atoms with Gasteiger partial charge >= 0.3 is 0 Å². The molecule has 0 aromatic heterocycles. The van der Waals surface area contributed by atoms with Crippen molar-refractivity contribution in [1.29, 1.82) is 0 Å². The van der Waals surface area contributed by atoms with E-state index in [1.807, 2.05) is 12.1 Å². The van der Waals surface area contributed by atoms with Crippen LogP contribution in [0.1, 0.15) is 36.8 Å². The molecule has 17 heavy (non-hydrogen) atoms. The van der Waals surface area contributed by atoms with Crippen LogP contribution in [0.5, 0.6) is 0 Å². The number of nitro groups is 1. The topological polar surface area (TPSA) is 43.1 Å². The van der Waals surface area contributed by atoms with Crippen LogP contribution in [-0.4, -0.2) is 4.92 Å². The predicted octanol–water partition coefficient (Wildman–Crippen LogP) is 3.62. The minimum absolute atomic E-state index is 0.245. The van der Waals surface area contributed by atoms with Crippen molar-refractivity contribution < 1.29 is 4.92 Å². The van der Waals surface area contributed by atoms with E-state index in [-0.39, 0.29) is 10.8 Å². The van der Waals surface area contributed by atoms with Gasteiger partial charge in [-0.2, -0.15) is 0 Å². The van der Waals surface area contributed by atoms with E-state index in [9.17, 15) is 10.1 Å². The molecule has 0 radical (unpaired) electrons. The molecule has 3 heteroatoms. The van der Waals surface area contributed by atoms with Gasteiger partial charge in [0.1, 0.15) is 0 Å². The molecule has 2 aliphatic carbocycles. The molecule has 0 spiro atoms. The summed E-state index contributed by atoms with van der Waals surface area (Å²) in [5, 5.41) is 11.1. The van der Waals surface area contributed by atoms with Crippen molar-refractivity contribution in [2.45, 2.75) is 25.7 Å². The molecular formula is C14H15NO2. The van der Waals surface area contributed by atoms with Crippen molar-refractivity contribution >= 4 is 5.69 Å². The highest BCUT2D eigenvalue weighted by Crippen LogP contribution is 2.57. The molecule has 88 valence electrons. The zero-order chi connectivity index (χ0) is 12.2. The molecule has 1 aromatic rings. The van der Waals surface area contributed by atoms with Gasteiger partial charge in [0.25, 0.3) is 5.69 Å². The average molecular weight is 229 g/mol. The highest BCUT2D eigenvalue weighted by Gasteiger charge is 2.46. The minimum Gasteiger partial charge on any atom is -0.258 e. The first-order chi connectivity index (χ1) is 8.11. The normalized spacial score (nSPS) is 28.8. The van der Waals surface area contributed by atoms with Crippen LogP contribution in [0.25, 0.3) is 0 Å². The molecular weight excluding hydrogens is 214 g/mol. The van der Waals surface area contributed by atoms with Gasteiger partial charge in [-0.05, 0) is 17.4 Å². The maximum atomic E-state index is 11.1. The highest BCUT2D eigenvalue weighted by molar-refractivity contribution is 5.58. The van der Waals surface area contributed by atoms with Crippen LogP contribution in [0.4, 0.5) is 5.69 Å². The number of fused-ring (bicyclic) bond motifs is 5. The Morgan fingerprint density at radius 1 is 1.24 bits per heavy atom. The lowest BCUT2D eigenvalue weighted by molar-refractivity contribution is -0.385. The molecule has 0 heterocycles. The summed E-state index contributed by atoms with van der Waals surface area (Å²) in [6.07, 6.45) is 4.38. The Morgan fingerprint density at radius 3 is 2.59 bits per heavy atom. The highest BCUT2D eigenvalue weighted by atomic mass is 16.6. The van der Waals surface area contributed by atoms with Crippen LogP contribution in [0, 0.1) is 22.0 Å². The lowest BCUT2D eigenvalue weighted by atomic mass is 9.84. The SMILES string of the molecule is CC(C)C1C2C=CC1c1c2cccc1[N+](=O)[O-]. The fraction of sp³-hybridized carbons (Fsp3) is 0.429. The maximum Gasteiger partial charge on any atom is 0.273 e. The maximum absolute atomic E-state index is 11.1. The van der Waals surface area contributed by atoms with Gasteiger partial charge in [-0.1, -0.05) is 38.1 Å². The third kappa shape index (κ3) is 1.28. The number of allylic oxidation sites excluding steroid dienone is 2. The largest absolute Gasteiger partial charge is 0.273 e. The molecule has 2 bridgehead atoms. The molecule has 0 saturated carbocycles. The van der Waals surface area contributed by atoms with Gasteiger partial charge in [-0.25, -0.2) is 0 Å². The zero-order valence-corrected chi connectivity index (χ0v) is 9.96. The second kappa shape index (κ2) is 3.42. The van der Waals surface area contributed by atoms with E-state index in [0.717, 1.165) is 5.56 Å². The molecule has 3 atom stereocenters. The Hall–Kier alpha value is -1.64. The quantitative estimate of drug-likeness (QED) is 0.441. The number of nitrogens with zero attached hydrogens (tertiary/aromatic N) is 1. The van der Waals surface area contributed by atoms with Gasteiger partial charge in [0.15, 0.2) is 0 Å². The summed E-state index contributed by atoms with van der Waals surface area (Å²) < 4.78 is 0. The summed E-state index contributed by atoms with van der Waals surface area (Å²) in [5.41, 5.74) is 2.43. The summed E-state index contributed by atoms with van der Waals surface area (Å²) in [5.74, 6) is 1.68. The molecule has 1 aromatic carbocycles. The number of rotatable bonds is 2. The first-order valence-corrected chi connectivity index (χ1v) is 6.06. The van der Waals surface area contributed by atoms with Crippen LogP contribution >= 0.6 is 0 Å². The van der Waals surface area contributed by atoms with Gasteiger partial charge in [0.05, 0.1) is 4.92 Å². The lowest BCUT2D eigenvalue weighted by Crippen LogP contribution is -2.12. The van der Waals surface area contributed by atoms with E-state index < -0.39 is 0 Å². The Morgan fingerprint density at radius 2 is 1.94 bits per heavy atom. The van der Waals surface area contributed by atoms with Gasteiger partial charge in [-0.3, -0.25) is 10.1 Å². The summed E-state index contributed by atoms with van der Waals surface area (Å²) in [7, 11) is 0. The van der Waals surface area contributed by atoms with Crippen LogP contribution in [0.3, 0.4) is 0 Å². The zero-order valence-electron chi connectivity index (χ0n) is 9.96. The molecule has 0 N–H and O–H groups in total. The minimum atomic E-state index is -0.245. The summed E-state index contributed by atoms with van der Waals surface area (Å²) in [4.78, 5) is 10.8. The fourth-order valence-corrected chi connectivity index (χ4v) is 3.53. The van der Waals surface area contributed by atoms with E-state index in [2.05, 4.69) is 26.0 Å². The predicted molar refractivity (Wildman–Crippen MR) is 66.0 cm³/mol. The lowest BCUT2D eigenvalue weighted by Gasteiger charge is -2.20. The molecule has 3 nitrogen and oxygen atoms in total. The average Bonchev–Trinajstić information content (AvgIpc) is 2.84. The third-order valence-electron chi connectivity index (χ3n) is 4.13. The van der Waals surface area contributed by atoms with Crippen LogP contribution in [-0.2, 0) is 0 Å². The standard InChI is InChI=1S/C14H15NO2/c1-8(2)13-10-6-7-11(13)14-9(10)4-3-5-12(14)15(16)17/h3-8,10-11,13H,1-2H3. The van der Waals surface area contributed by atoms with Crippen molar-refractivity contribution in [2.24, 2.45) is 11.8 Å². The second-order valence-electron chi connectivity index (χ2n) is 5.29. The van der Waals surface area contributed by atoms with Crippen LogP contribution in [0.2, 0.25) is 0 Å². The van der Waals surface area contributed by atoms with Crippen LogP contribution < -0.4 is 0 Å². The number of nitro benzene ring substituents is 1. The smallest absolute Gasteiger partial charge is 0.258 e. The molecule has 2 aliphatic rings. The monoisotopic (exact) mass is 229 g/mol. The molecule has 0 aliphatic heterocycles. The van der Waals surface area contributed by atoms with E-state index in [0.29, 0.717) is 23.4 Å². The third-order valence-corrected chi connectivity index (χ3v) is 4.13. The Labute approximate surface area is 100 Å². The van der Waals surface area contributed by atoms with Gasteiger partial charge < -0.3 is 0 Å². The van der Waals surface area contributed by atoms with Gasteiger partial charge in [0, 0.05) is 23.5 Å². The fourth-order valence-electron chi connectivity index (χ4n) is 3.53.